The number of amides is 1. The van der Waals surface area contributed by atoms with E-state index in [1.165, 1.54) is 51.4 Å². The zero-order valence-corrected chi connectivity index (χ0v) is 14.2. The zero-order chi connectivity index (χ0) is 15.2. The van der Waals surface area contributed by atoms with Gasteiger partial charge in [0.1, 0.15) is 0 Å². The number of carbonyl (C=O) groups is 1. The van der Waals surface area contributed by atoms with E-state index in [-0.39, 0.29) is 6.04 Å². The van der Waals surface area contributed by atoms with E-state index in [4.69, 9.17) is 0 Å². The molecule has 3 nitrogen and oxygen atoms in total. The third-order valence-corrected chi connectivity index (χ3v) is 5.48. The van der Waals surface area contributed by atoms with E-state index < -0.39 is 0 Å². The molecule has 1 saturated carbocycles. The van der Waals surface area contributed by atoms with E-state index in [0.29, 0.717) is 11.9 Å². The van der Waals surface area contributed by atoms with Crippen molar-refractivity contribution in [1.82, 2.24) is 10.2 Å². The van der Waals surface area contributed by atoms with Crippen LogP contribution in [0.3, 0.4) is 0 Å². The Bertz CT molecular complexity index is 323. The Hall–Kier alpha value is -0.570. The largest absolute Gasteiger partial charge is 0.341 e. The molecule has 1 heterocycles. The van der Waals surface area contributed by atoms with Gasteiger partial charge in [-0.15, -0.1) is 0 Å². The molecule has 0 aromatic carbocycles. The molecule has 2 fully saturated rings. The second-order valence-corrected chi connectivity index (χ2v) is 7.48. The SMILES string of the molecule is CC(NC1CCCC(C(C)C)CC1)C(=O)N1CCCCC1. The Morgan fingerprint density at radius 2 is 1.67 bits per heavy atom. The van der Waals surface area contributed by atoms with Crippen molar-refractivity contribution in [2.75, 3.05) is 13.1 Å². The minimum Gasteiger partial charge on any atom is -0.341 e. The fourth-order valence-electron chi connectivity index (χ4n) is 3.98. The standard InChI is InChI=1S/C18H34N2O/c1-14(2)16-8-7-9-17(11-10-16)19-15(3)18(21)20-12-5-4-6-13-20/h14-17,19H,4-13H2,1-3H3. The summed E-state index contributed by atoms with van der Waals surface area (Å²) in [5.74, 6) is 2.00. The maximum absolute atomic E-state index is 12.5. The monoisotopic (exact) mass is 294 g/mol. The van der Waals surface area contributed by atoms with Crippen molar-refractivity contribution < 1.29 is 4.79 Å². The predicted molar refractivity (Wildman–Crippen MR) is 88.2 cm³/mol. The molecule has 21 heavy (non-hydrogen) atoms. The average molecular weight is 294 g/mol. The third-order valence-electron chi connectivity index (χ3n) is 5.48. The van der Waals surface area contributed by atoms with Gasteiger partial charge in [-0.25, -0.2) is 0 Å². The number of nitrogens with zero attached hydrogens (tertiary/aromatic N) is 1. The maximum Gasteiger partial charge on any atom is 0.239 e. The summed E-state index contributed by atoms with van der Waals surface area (Å²) >= 11 is 0. The van der Waals surface area contributed by atoms with Crippen molar-refractivity contribution in [2.24, 2.45) is 11.8 Å². The molecule has 0 aromatic rings. The molecule has 1 aliphatic carbocycles. The summed E-state index contributed by atoms with van der Waals surface area (Å²) in [6, 6.07) is 0.529. The Morgan fingerprint density at radius 1 is 0.952 bits per heavy atom. The summed E-state index contributed by atoms with van der Waals surface area (Å²) in [5.41, 5.74) is 0. The fourth-order valence-corrected chi connectivity index (χ4v) is 3.98. The molecule has 0 bridgehead atoms. The maximum atomic E-state index is 12.5. The van der Waals surface area contributed by atoms with E-state index in [1.807, 2.05) is 0 Å². The molecule has 0 spiro atoms. The van der Waals surface area contributed by atoms with Crippen LogP contribution in [-0.2, 0) is 4.79 Å². The van der Waals surface area contributed by atoms with Gasteiger partial charge in [-0.2, -0.15) is 0 Å². The minimum atomic E-state index is -0.0105. The lowest BCUT2D eigenvalue weighted by molar-refractivity contribution is -0.134. The van der Waals surface area contributed by atoms with Crippen LogP contribution in [0.1, 0.15) is 72.1 Å². The minimum absolute atomic E-state index is 0.0105. The van der Waals surface area contributed by atoms with Crippen LogP contribution >= 0.6 is 0 Å². The van der Waals surface area contributed by atoms with Crippen LogP contribution in [0, 0.1) is 11.8 Å². The van der Waals surface area contributed by atoms with Gasteiger partial charge in [0.05, 0.1) is 6.04 Å². The zero-order valence-electron chi connectivity index (χ0n) is 14.2. The topological polar surface area (TPSA) is 32.3 Å². The van der Waals surface area contributed by atoms with Gasteiger partial charge >= 0.3 is 0 Å². The molecule has 1 amide bonds. The first-order valence-electron chi connectivity index (χ1n) is 9.12. The molecule has 1 N–H and O–H groups in total. The number of nitrogens with one attached hydrogen (secondary N) is 1. The highest BCUT2D eigenvalue weighted by atomic mass is 16.2. The normalized spacial score (nSPS) is 29.2. The van der Waals surface area contributed by atoms with Crippen molar-refractivity contribution in [3.8, 4) is 0 Å². The Kier molecular flexibility index (Phi) is 6.53. The van der Waals surface area contributed by atoms with Gasteiger partial charge in [0.2, 0.25) is 5.91 Å². The molecule has 122 valence electrons. The van der Waals surface area contributed by atoms with Crippen LogP contribution in [0.4, 0.5) is 0 Å². The summed E-state index contributed by atoms with van der Waals surface area (Å²) in [5, 5.41) is 3.62. The number of hydrogen-bond acceptors (Lipinski definition) is 2. The van der Waals surface area contributed by atoms with Crippen LogP contribution in [0.15, 0.2) is 0 Å². The Morgan fingerprint density at radius 3 is 2.33 bits per heavy atom. The van der Waals surface area contributed by atoms with Crippen molar-refractivity contribution in [3.63, 3.8) is 0 Å². The van der Waals surface area contributed by atoms with Crippen LogP contribution < -0.4 is 5.32 Å². The van der Waals surface area contributed by atoms with E-state index in [1.54, 1.807) is 0 Å². The molecule has 2 rings (SSSR count). The first-order chi connectivity index (χ1) is 10.1. The number of carbonyl (C=O) groups excluding carboxylic acids is 1. The van der Waals surface area contributed by atoms with Gasteiger partial charge in [0, 0.05) is 19.1 Å². The summed E-state index contributed by atoms with van der Waals surface area (Å²) < 4.78 is 0. The summed E-state index contributed by atoms with van der Waals surface area (Å²) in [6.07, 6.45) is 10.1. The van der Waals surface area contributed by atoms with Crippen LogP contribution in [-0.4, -0.2) is 36.0 Å². The van der Waals surface area contributed by atoms with Gasteiger partial charge in [-0.1, -0.05) is 26.7 Å². The highest BCUT2D eigenvalue weighted by Gasteiger charge is 2.26. The van der Waals surface area contributed by atoms with E-state index in [0.717, 1.165) is 24.9 Å². The smallest absolute Gasteiger partial charge is 0.239 e. The molecule has 2 aliphatic rings. The Balaban J connectivity index is 1.78. The van der Waals surface area contributed by atoms with E-state index in [9.17, 15) is 4.79 Å². The van der Waals surface area contributed by atoms with Crippen LogP contribution in [0.5, 0.6) is 0 Å². The first kappa shape index (κ1) is 16.8. The highest BCUT2D eigenvalue weighted by Crippen LogP contribution is 2.29. The van der Waals surface area contributed by atoms with E-state index >= 15 is 0 Å². The molecule has 3 heteroatoms. The first-order valence-corrected chi connectivity index (χ1v) is 9.12. The molecule has 3 unspecified atom stereocenters. The van der Waals surface area contributed by atoms with Gasteiger partial charge in [-0.3, -0.25) is 4.79 Å². The fraction of sp³-hybridized carbons (Fsp3) is 0.944. The molecule has 0 aromatic heterocycles. The van der Waals surface area contributed by atoms with Crippen LogP contribution in [0.25, 0.3) is 0 Å². The predicted octanol–water partition coefficient (Wildman–Crippen LogP) is 3.58. The lowest BCUT2D eigenvalue weighted by Gasteiger charge is -2.31. The van der Waals surface area contributed by atoms with Crippen molar-refractivity contribution in [2.45, 2.75) is 84.2 Å². The molecule has 0 radical (unpaired) electrons. The number of likely N-dealkylation sites (tertiary alicyclic amines) is 1. The van der Waals surface area contributed by atoms with Crippen molar-refractivity contribution in [3.05, 3.63) is 0 Å². The lowest BCUT2D eigenvalue weighted by atomic mass is 9.89. The van der Waals surface area contributed by atoms with Crippen LogP contribution in [0.2, 0.25) is 0 Å². The van der Waals surface area contributed by atoms with Gasteiger partial charge in [0.15, 0.2) is 0 Å². The summed E-state index contributed by atoms with van der Waals surface area (Å²) in [6.45, 7) is 8.68. The second kappa shape index (κ2) is 8.17. The molecular weight excluding hydrogens is 260 g/mol. The lowest BCUT2D eigenvalue weighted by Crippen LogP contribution is -2.49. The molecule has 1 aliphatic heterocycles. The van der Waals surface area contributed by atoms with Crippen molar-refractivity contribution >= 4 is 5.91 Å². The summed E-state index contributed by atoms with van der Waals surface area (Å²) in [7, 11) is 0. The van der Waals surface area contributed by atoms with Crippen molar-refractivity contribution in [1.29, 1.82) is 0 Å². The van der Waals surface area contributed by atoms with Gasteiger partial charge in [0.25, 0.3) is 0 Å². The number of rotatable bonds is 4. The quantitative estimate of drug-likeness (QED) is 0.804. The third kappa shape index (κ3) is 4.98. The Labute approximate surface area is 130 Å². The summed E-state index contributed by atoms with van der Waals surface area (Å²) in [4.78, 5) is 14.6. The second-order valence-electron chi connectivity index (χ2n) is 7.48. The molecule has 3 atom stereocenters. The highest BCUT2D eigenvalue weighted by molar-refractivity contribution is 5.81. The molecular formula is C18H34N2O. The van der Waals surface area contributed by atoms with Gasteiger partial charge in [-0.05, 0) is 57.3 Å². The number of piperidine rings is 1. The van der Waals surface area contributed by atoms with Gasteiger partial charge < -0.3 is 10.2 Å². The molecule has 1 saturated heterocycles. The van der Waals surface area contributed by atoms with E-state index in [2.05, 4.69) is 31.0 Å². The average Bonchev–Trinajstić information content (AvgIpc) is 2.73. The number of hydrogen-bond donors (Lipinski definition) is 1.